The van der Waals surface area contributed by atoms with Gasteiger partial charge in [-0.2, -0.15) is 13.2 Å². The van der Waals surface area contributed by atoms with Gasteiger partial charge in [-0.1, -0.05) is 24.8 Å². The van der Waals surface area contributed by atoms with Gasteiger partial charge >= 0.3 is 6.18 Å². The topological polar surface area (TPSA) is 29.1 Å². The molecule has 0 saturated carbocycles. The first-order valence-corrected chi connectivity index (χ1v) is 4.50. The lowest BCUT2D eigenvalue weighted by Crippen LogP contribution is -2.33. The number of carbonyl (C=O) groups is 1. The molecular formula is C11H10F3NO. The van der Waals surface area contributed by atoms with E-state index in [9.17, 15) is 18.0 Å². The lowest BCUT2D eigenvalue weighted by molar-refractivity contribution is -0.123. The fourth-order valence-corrected chi connectivity index (χ4v) is 1.05. The Morgan fingerprint density at radius 3 is 2.31 bits per heavy atom. The summed E-state index contributed by atoms with van der Waals surface area (Å²) in [6, 6.07) is 6.11. The molecule has 1 amide bonds. The predicted molar refractivity (Wildman–Crippen MR) is 54.9 cm³/mol. The number of hydrogen-bond donors (Lipinski definition) is 1. The van der Waals surface area contributed by atoms with Gasteiger partial charge in [0.1, 0.15) is 6.54 Å². The van der Waals surface area contributed by atoms with Crippen LogP contribution in [0.5, 0.6) is 0 Å². The van der Waals surface area contributed by atoms with Crippen LogP contribution in [-0.2, 0) is 0 Å². The molecule has 1 aromatic carbocycles. The molecule has 0 bridgehead atoms. The van der Waals surface area contributed by atoms with Gasteiger partial charge in [-0.25, -0.2) is 0 Å². The predicted octanol–water partition coefficient (Wildman–Crippen LogP) is 2.62. The van der Waals surface area contributed by atoms with E-state index in [1.807, 2.05) is 0 Å². The fraction of sp³-hybridized carbons (Fsp3) is 0.182. The average Bonchev–Trinajstić information content (AvgIpc) is 2.25. The van der Waals surface area contributed by atoms with Crippen LogP contribution in [0.15, 0.2) is 30.8 Å². The van der Waals surface area contributed by atoms with Crippen LogP contribution < -0.4 is 5.32 Å². The van der Waals surface area contributed by atoms with Crippen LogP contribution in [-0.4, -0.2) is 18.6 Å². The molecule has 2 nitrogen and oxygen atoms in total. The third-order valence-corrected chi connectivity index (χ3v) is 1.86. The molecule has 0 aliphatic heterocycles. The van der Waals surface area contributed by atoms with Crippen LogP contribution >= 0.6 is 0 Å². The Kier molecular flexibility index (Phi) is 3.71. The number of nitrogens with one attached hydrogen (secondary N) is 1. The highest BCUT2D eigenvalue weighted by atomic mass is 19.4. The summed E-state index contributed by atoms with van der Waals surface area (Å²) in [5.41, 5.74) is 0.988. The second-order valence-electron chi connectivity index (χ2n) is 3.12. The number of amides is 1. The van der Waals surface area contributed by atoms with Crippen LogP contribution in [0.1, 0.15) is 15.9 Å². The lowest BCUT2D eigenvalue weighted by Gasteiger charge is -2.08. The zero-order valence-corrected chi connectivity index (χ0v) is 8.34. The SMILES string of the molecule is C=Cc1ccc(C(=O)NCC(F)(F)F)cc1. The Hall–Kier alpha value is -1.78. The van der Waals surface area contributed by atoms with Crippen molar-refractivity contribution >= 4 is 12.0 Å². The zero-order valence-electron chi connectivity index (χ0n) is 8.34. The number of rotatable bonds is 3. The Labute approximate surface area is 90.8 Å². The molecule has 86 valence electrons. The molecule has 0 saturated heterocycles. The molecule has 0 aliphatic carbocycles. The highest BCUT2D eigenvalue weighted by Crippen LogP contribution is 2.13. The van der Waals surface area contributed by atoms with Gasteiger partial charge in [0.25, 0.3) is 5.91 Å². The quantitative estimate of drug-likeness (QED) is 0.848. The van der Waals surface area contributed by atoms with Crippen molar-refractivity contribution in [3.05, 3.63) is 42.0 Å². The number of hydrogen-bond acceptors (Lipinski definition) is 1. The minimum Gasteiger partial charge on any atom is -0.343 e. The average molecular weight is 229 g/mol. The highest BCUT2D eigenvalue weighted by Gasteiger charge is 2.27. The monoisotopic (exact) mass is 229 g/mol. The van der Waals surface area contributed by atoms with Crippen LogP contribution in [0, 0.1) is 0 Å². The zero-order chi connectivity index (χ0) is 12.2. The first-order valence-electron chi connectivity index (χ1n) is 4.50. The van der Waals surface area contributed by atoms with Gasteiger partial charge in [0.05, 0.1) is 0 Å². The second kappa shape index (κ2) is 4.83. The molecule has 1 N–H and O–H groups in total. The van der Waals surface area contributed by atoms with Crippen molar-refractivity contribution in [2.45, 2.75) is 6.18 Å². The summed E-state index contributed by atoms with van der Waals surface area (Å²) >= 11 is 0. The number of carbonyl (C=O) groups excluding carboxylic acids is 1. The van der Waals surface area contributed by atoms with Gasteiger partial charge in [0.2, 0.25) is 0 Å². The van der Waals surface area contributed by atoms with E-state index in [0.717, 1.165) is 5.56 Å². The smallest absolute Gasteiger partial charge is 0.343 e. The summed E-state index contributed by atoms with van der Waals surface area (Å²) in [5, 5.41) is 1.79. The molecule has 0 unspecified atom stereocenters. The summed E-state index contributed by atoms with van der Waals surface area (Å²) in [5.74, 6) is -0.743. The number of halogens is 3. The van der Waals surface area contributed by atoms with Crippen molar-refractivity contribution < 1.29 is 18.0 Å². The molecule has 0 aliphatic rings. The van der Waals surface area contributed by atoms with E-state index in [0.29, 0.717) is 0 Å². The third kappa shape index (κ3) is 3.76. The van der Waals surface area contributed by atoms with E-state index in [-0.39, 0.29) is 5.56 Å². The maximum absolute atomic E-state index is 11.8. The Morgan fingerprint density at radius 1 is 1.31 bits per heavy atom. The van der Waals surface area contributed by atoms with Crippen LogP contribution in [0.2, 0.25) is 0 Å². The minimum atomic E-state index is -4.39. The van der Waals surface area contributed by atoms with Crippen molar-refractivity contribution in [3.8, 4) is 0 Å². The normalized spacial score (nSPS) is 10.9. The summed E-state index contributed by atoms with van der Waals surface area (Å²) in [6.07, 6.45) is -2.81. The molecule has 16 heavy (non-hydrogen) atoms. The van der Waals surface area contributed by atoms with Gasteiger partial charge in [-0.05, 0) is 17.7 Å². The second-order valence-corrected chi connectivity index (χ2v) is 3.12. The molecule has 1 rings (SSSR count). The molecule has 0 spiro atoms. The van der Waals surface area contributed by atoms with E-state index >= 15 is 0 Å². The van der Waals surface area contributed by atoms with E-state index in [1.54, 1.807) is 23.5 Å². The van der Waals surface area contributed by atoms with E-state index < -0.39 is 18.6 Å². The maximum Gasteiger partial charge on any atom is 0.405 e. The lowest BCUT2D eigenvalue weighted by atomic mass is 10.1. The van der Waals surface area contributed by atoms with Gasteiger partial charge < -0.3 is 5.32 Å². The van der Waals surface area contributed by atoms with Crippen molar-refractivity contribution in [1.82, 2.24) is 5.32 Å². The number of alkyl halides is 3. The maximum atomic E-state index is 11.8. The van der Waals surface area contributed by atoms with Crippen molar-refractivity contribution in [1.29, 1.82) is 0 Å². The first-order chi connectivity index (χ1) is 7.42. The molecule has 0 atom stereocenters. The summed E-state index contributed by atoms with van der Waals surface area (Å²) in [4.78, 5) is 11.3. The molecule has 0 fully saturated rings. The van der Waals surface area contributed by atoms with Crippen molar-refractivity contribution in [2.24, 2.45) is 0 Å². The van der Waals surface area contributed by atoms with Gasteiger partial charge in [0.15, 0.2) is 0 Å². The standard InChI is InChI=1S/C11H10F3NO/c1-2-8-3-5-9(6-4-8)10(16)15-7-11(12,13)14/h2-6H,1,7H2,(H,15,16). The van der Waals surface area contributed by atoms with E-state index in [1.165, 1.54) is 12.1 Å². The van der Waals surface area contributed by atoms with Crippen LogP contribution in [0.25, 0.3) is 6.08 Å². The van der Waals surface area contributed by atoms with Gasteiger partial charge in [-0.3, -0.25) is 4.79 Å². The first kappa shape index (κ1) is 12.3. The molecule has 1 aromatic rings. The van der Waals surface area contributed by atoms with Gasteiger partial charge in [0, 0.05) is 5.56 Å². The summed E-state index contributed by atoms with van der Waals surface area (Å²) in [7, 11) is 0. The van der Waals surface area contributed by atoms with Crippen molar-refractivity contribution in [2.75, 3.05) is 6.54 Å². The number of benzene rings is 1. The molecule has 0 aromatic heterocycles. The van der Waals surface area contributed by atoms with E-state index in [4.69, 9.17) is 0 Å². The Morgan fingerprint density at radius 2 is 1.88 bits per heavy atom. The minimum absolute atomic E-state index is 0.190. The molecule has 0 radical (unpaired) electrons. The summed E-state index contributed by atoms with van der Waals surface area (Å²) < 4.78 is 35.5. The largest absolute Gasteiger partial charge is 0.405 e. The van der Waals surface area contributed by atoms with Crippen LogP contribution in [0.4, 0.5) is 13.2 Å². The molecule has 5 heteroatoms. The van der Waals surface area contributed by atoms with Gasteiger partial charge in [-0.15, -0.1) is 0 Å². The summed E-state index contributed by atoms with van der Waals surface area (Å²) in [6.45, 7) is 2.20. The van der Waals surface area contributed by atoms with E-state index in [2.05, 4.69) is 6.58 Å². The van der Waals surface area contributed by atoms with Crippen molar-refractivity contribution in [3.63, 3.8) is 0 Å². The third-order valence-electron chi connectivity index (χ3n) is 1.86. The molecular weight excluding hydrogens is 219 g/mol. The Balaban J connectivity index is 2.63. The fourth-order valence-electron chi connectivity index (χ4n) is 1.05. The highest BCUT2D eigenvalue weighted by molar-refractivity contribution is 5.94. The Bertz CT molecular complexity index is 381. The molecule has 0 heterocycles. The van der Waals surface area contributed by atoms with Crippen LogP contribution in [0.3, 0.4) is 0 Å².